The van der Waals surface area contributed by atoms with Gasteiger partial charge in [-0.3, -0.25) is 4.99 Å². The van der Waals surface area contributed by atoms with E-state index in [1.165, 1.54) is 12.1 Å². The Balaban J connectivity index is 2.84. The van der Waals surface area contributed by atoms with Gasteiger partial charge in [0.25, 0.3) is 0 Å². The lowest BCUT2D eigenvalue weighted by atomic mass is 10.0. The quantitative estimate of drug-likeness (QED) is 0.629. The van der Waals surface area contributed by atoms with Crippen LogP contribution in [0.5, 0.6) is 0 Å². The second-order valence-corrected chi connectivity index (χ2v) is 3.60. The van der Waals surface area contributed by atoms with E-state index in [0.717, 1.165) is 12.1 Å². The van der Waals surface area contributed by atoms with Crippen LogP contribution in [0.1, 0.15) is 33.6 Å². The monoisotopic (exact) mass is 189 g/mol. The normalized spacial score (nSPS) is 14.1. The summed E-state index contributed by atoms with van der Waals surface area (Å²) in [6, 6.07) is 10.2. The van der Waals surface area contributed by atoms with Crippen molar-refractivity contribution >= 4 is 11.4 Å². The minimum atomic E-state index is 0.597. The first-order chi connectivity index (χ1) is 6.77. The van der Waals surface area contributed by atoms with Crippen LogP contribution in [-0.2, 0) is 0 Å². The Bertz CT molecular complexity index is 287. The predicted octanol–water partition coefficient (Wildman–Crippen LogP) is 4.22. The average molecular weight is 189 g/mol. The summed E-state index contributed by atoms with van der Waals surface area (Å²) in [5.74, 6) is 0.597. The highest BCUT2D eigenvalue weighted by atomic mass is 14.7. The van der Waals surface area contributed by atoms with Crippen molar-refractivity contribution in [1.82, 2.24) is 0 Å². The van der Waals surface area contributed by atoms with Gasteiger partial charge in [0.15, 0.2) is 0 Å². The van der Waals surface area contributed by atoms with Crippen LogP contribution in [0.25, 0.3) is 0 Å². The van der Waals surface area contributed by atoms with Gasteiger partial charge in [0, 0.05) is 5.71 Å². The third-order valence-corrected chi connectivity index (χ3v) is 2.57. The van der Waals surface area contributed by atoms with Gasteiger partial charge in [-0.1, -0.05) is 39.0 Å². The number of nitrogens with zero attached hydrogens (tertiary/aromatic N) is 1. The lowest BCUT2D eigenvalue weighted by Crippen LogP contribution is -2.08. The molecule has 76 valence electrons. The zero-order chi connectivity index (χ0) is 10.4. The maximum Gasteiger partial charge on any atom is 0.0629 e. The first-order valence-corrected chi connectivity index (χ1v) is 5.40. The summed E-state index contributed by atoms with van der Waals surface area (Å²) >= 11 is 0. The highest BCUT2D eigenvalue weighted by Gasteiger charge is 2.05. The van der Waals surface area contributed by atoms with Crippen LogP contribution < -0.4 is 0 Å². The molecule has 0 amide bonds. The van der Waals surface area contributed by atoms with Crippen LogP contribution in [0.2, 0.25) is 0 Å². The summed E-state index contributed by atoms with van der Waals surface area (Å²) in [4.78, 5) is 4.66. The number of hydrogen-bond acceptors (Lipinski definition) is 1. The lowest BCUT2D eigenvalue weighted by Gasteiger charge is -2.10. The third-order valence-electron chi connectivity index (χ3n) is 2.57. The van der Waals surface area contributed by atoms with Crippen LogP contribution in [-0.4, -0.2) is 5.71 Å². The molecule has 1 aromatic rings. The molecule has 0 aliphatic carbocycles. The standard InChI is InChI=1S/C13H19N/c1-4-11(3)13(5-2)14-12-9-7-6-8-10-12/h6-11H,4-5H2,1-3H3. The molecule has 1 aromatic carbocycles. The van der Waals surface area contributed by atoms with Gasteiger partial charge in [-0.15, -0.1) is 0 Å². The zero-order valence-electron chi connectivity index (χ0n) is 9.33. The molecule has 1 heteroatoms. The fourth-order valence-electron chi connectivity index (χ4n) is 1.44. The Kier molecular flexibility index (Phi) is 4.37. The number of aliphatic imine (C=N–C) groups is 1. The molecule has 0 heterocycles. The molecule has 0 fully saturated rings. The van der Waals surface area contributed by atoms with Gasteiger partial charge in [0.05, 0.1) is 5.69 Å². The van der Waals surface area contributed by atoms with Crippen molar-refractivity contribution in [2.45, 2.75) is 33.6 Å². The molecule has 0 bridgehead atoms. The molecule has 1 atom stereocenters. The Morgan fingerprint density at radius 3 is 2.36 bits per heavy atom. The summed E-state index contributed by atoms with van der Waals surface area (Å²) in [6.45, 7) is 6.63. The maximum atomic E-state index is 4.66. The van der Waals surface area contributed by atoms with E-state index in [9.17, 15) is 0 Å². The fraction of sp³-hybridized carbons (Fsp3) is 0.462. The molecule has 0 N–H and O–H groups in total. The molecule has 14 heavy (non-hydrogen) atoms. The topological polar surface area (TPSA) is 12.4 Å². The van der Waals surface area contributed by atoms with E-state index < -0.39 is 0 Å². The van der Waals surface area contributed by atoms with Gasteiger partial charge in [-0.25, -0.2) is 0 Å². The van der Waals surface area contributed by atoms with E-state index in [1.807, 2.05) is 18.2 Å². The summed E-state index contributed by atoms with van der Waals surface area (Å²) in [6.07, 6.45) is 2.21. The molecule has 0 aromatic heterocycles. The molecule has 0 spiro atoms. The molecule has 1 nitrogen and oxygen atoms in total. The average Bonchev–Trinajstić information content (AvgIpc) is 2.26. The summed E-state index contributed by atoms with van der Waals surface area (Å²) in [7, 11) is 0. The molecule has 0 saturated heterocycles. The van der Waals surface area contributed by atoms with Gasteiger partial charge < -0.3 is 0 Å². The number of benzene rings is 1. The van der Waals surface area contributed by atoms with E-state index in [4.69, 9.17) is 0 Å². The molecule has 1 rings (SSSR count). The summed E-state index contributed by atoms with van der Waals surface area (Å²) in [5.41, 5.74) is 2.38. The second kappa shape index (κ2) is 5.58. The molecule has 0 saturated carbocycles. The van der Waals surface area contributed by atoms with Crippen LogP contribution in [0.4, 0.5) is 5.69 Å². The van der Waals surface area contributed by atoms with Crippen molar-refractivity contribution < 1.29 is 0 Å². The van der Waals surface area contributed by atoms with Crippen molar-refractivity contribution in [3.63, 3.8) is 0 Å². The largest absolute Gasteiger partial charge is 0.258 e. The van der Waals surface area contributed by atoms with E-state index in [-0.39, 0.29) is 0 Å². The summed E-state index contributed by atoms with van der Waals surface area (Å²) in [5, 5.41) is 0. The van der Waals surface area contributed by atoms with E-state index in [2.05, 4.69) is 37.9 Å². The van der Waals surface area contributed by atoms with Gasteiger partial charge in [-0.05, 0) is 30.9 Å². The van der Waals surface area contributed by atoms with E-state index in [0.29, 0.717) is 5.92 Å². The Labute approximate surface area is 86.9 Å². The van der Waals surface area contributed by atoms with Crippen molar-refractivity contribution in [2.24, 2.45) is 10.9 Å². The smallest absolute Gasteiger partial charge is 0.0629 e. The van der Waals surface area contributed by atoms with Gasteiger partial charge in [0.2, 0.25) is 0 Å². The summed E-state index contributed by atoms with van der Waals surface area (Å²) < 4.78 is 0. The van der Waals surface area contributed by atoms with Crippen LogP contribution in [0.3, 0.4) is 0 Å². The number of rotatable bonds is 4. The van der Waals surface area contributed by atoms with Crippen molar-refractivity contribution in [1.29, 1.82) is 0 Å². The van der Waals surface area contributed by atoms with Gasteiger partial charge in [0.1, 0.15) is 0 Å². The minimum absolute atomic E-state index is 0.597. The Morgan fingerprint density at radius 2 is 1.86 bits per heavy atom. The fourth-order valence-corrected chi connectivity index (χ4v) is 1.44. The first-order valence-electron chi connectivity index (χ1n) is 5.40. The highest BCUT2D eigenvalue weighted by molar-refractivity contribution is 5.88. The minimum Gasteiger partial charge on any atom is -0.258 e. The van der Waals surface area contributed by atoms with Gasteiger partial charge in [-0.2, -0.15) is 0 Å². The van der Waals surface area contributed by atoms with Crippen LogP contribution >= 0.6 is 0 Å². The molecular formula is C13H19N. The van der Waals surface area contributed by atoms with E-state index >= 15 is 0 Å². The lowest BCUT2D eigenvalue weighted by molar-refractivity contribution is 0.725. The second-order valence-electron chi connectivity index (χ2n) is 3.60. The number of hydrogen-bond donors (Lipinski definition) is 0. The molecular weight excluding hydrogens is 170 g/mol. The SMILES string of the molecule is CCC(=Nc1ccccc1)C(C)CC. The van der Waals surface area contributed by atoms with Crippen molar-refractivity contribution in [3.05, 3.63) is 30.3 Å². The maximum absolute atomic E-state index is 4.66. The predicted molar refractivity (Wildman–Crippen MR) is 63.3 cm³/mol. The molecule has 0 aliphatic heterocycles. The van der Waals surface area contributed by atoms with Crippen molar-refractivity contribution in [3.8, 4) is 0 Å². The molecule has 0 radical (unpaired) electrons. The molecule has 0 aliphatic rings. The first kappa shape index (κ1) is 11.0. The Morgan fingerprint density at radius 1 is 1.21 bits per heavy atom. The van der Waals surface area contributed by atoms with Crippen molar-refractivity contribution in [2.75, 3.05) is 0 Å². The van der Waals surface area contributed by atoms with Crippen LogP contribution in [0.15, 0.2) is 35.3 Å². The Hall–Kier alpha value is -1.11. The highest BCUT2D eigenvalue weighted by Crippen LogP contribution is 2.15. The molecule has 1 unspecified atom stereocenters. The van der Waals surface area contributed by atoms with Gasteiger partial charge >= 0.3 is 0 Å². The number of para-hydroxylation sites is 1. The zero-order valence-corrected chi connectivity index (χ0v) is 9.33. The van der Waals surface area contributed by atoms with E-state index in [1.54, 1.807) is 0 Å². The third kappa shape index (κ3) is 2.99. The van der Waals surface area contributed by atoms with Crippen LogP contribution in [0, 0.1) is 5.92 Å².